The van der Waals surface area contributed by atoms with E-state index in [-0.39, 0.29) is 22.0 Å². The zero-order valence-corrected chi connectivity index (χ0v) is 19.7. The lowest BCUT2D eigenvalue weighted by Gasteiger charge is -2.13. The highest BCUT2D eigenvalue weighted by Crippen LogP contribution is 2.32. The smallest absolute Gasteiger partial charge is 0.416 e. The van der Waals surface area contributed by atoms with E-state index >= 15 is 0 Å². The van der Waals surface area contributed by atoms with Gasteiger partial charge in [0.25, 0.3) is 11.8 Å². The minimum atomic E-state index is -4.54. The van der Waals surface area contributed by atoms with Crippen LogP contribution in [-0.2, 0) is 12.6 Å². The number of rotatable bonds is 4. The van der Waals surface area contributed by atoms with Gasteiger partial charge in [-0.3, -0.25) is 9.59 Å². The van der Waals surface area contributed by atoms with Crippen LogP contribution in [0.3, 0.4) is 0 Å². The fourth-order valence-electron chi connectivity index (χ4n) is 3.81. The van der Waals surface area contributed by atoms with Crippen LogP contribution in [0.15, 0.2) is 52.0 Å². The Labute approximate surface area is 208 Å². The number of carbonyl (C=O) groups excluding carboxylic acids is 2. The van der Waals surface area contributed by atoms with Crippen LogP contribution in [0.25, 0.3) is 0 Å². The van der Waals surface area contributed by atoms with Crippen molar-refractivity contribution in [2.75, 3.05) is 5.32 Å². The number of furan rings is 1. The summed E-state index contributed by atoms with van der Waals surface area (Å²) < 4.78 is 44.7. The lowest BCUT2D eigenvalue weighted by atomic mass is 9.93. The summed E-state index contributed by atoms with van der Waals surface area (Å²) in [5.74, 6) is -0.739. The normalized spacial score (nSPS) is 14.5. The van der Waals surface area contributed by atoms with Crippen molar-refractivity contribution < 1.29 is 27.2 Å². The quantitative estimate of drug-likeness (QED) is 0.376. The Morgan fingerprint density at radius 2 is 1.83 bits per heavy atom. The zero-order valence-electron chi connectivity index (χ0n) is 18.2. The third kappa shape index (κ3) is 5.36. The van der Waals surface area contributed by atoms with Crippen LogP contribution in [0.2, 0.25) is 10.0 Å². The van der Waals surface area contributed by atoms with Crippen LogP contribution in [0.5, 0.6) is 0 Å². The predicted octanol–water partition coefficient (Wildman–Crippen LogP) is 6.64. The number of carbonyl (C=O) groups is 2. The second kappa shape index (κ2) is 9.75. The largest absolute Gasteiger partial charge is 0.455 e. The maximum atomic E-state index is 13.0. The Morgan fingerprint density at radius 1 is 1.06 bits per heavy atom. The van der Waals surface area contributed by atoms with E-state index in [1.807, 2.05) is 0 Å². The SMILES string of the molecule is Cc1c(C(=O)Nc2cccc(C(F)(F)F)c2)oc2c1/C(=N/NC(=O)c1ccc(Cl)cc1Cl)CCC2. The van der Waals surface area contributed by atoms with Gasteiger partial charge >= 0.3 is 6.18 Å². The molecule has 182 valence electrons. The van der Waals surface area contributed by atoms with E-state index < -0.39 is 23.6 Å². The van der Waals surface area contributed by atoms with Gasteiger partial charge in [0.15, 0.2) is 5.76 Å². The molecule has 1 aliphatic rings. The molecule has 2 aromatic carbocycles. The molecule has 2 amide bonds. The summed E-state index contributed by atoms with van der Waals surface area (Å²) in [5, 5.41) is 7.24. The number of benzene rings is 2. The number of hydrazone groups is 1. The van der Waals surface area contributed by atoms with Gasteiger partial charge in [0.1, 0.15) is 5.76 Å². The summed E-state index contributed by atoms with van der Waals surface area (Å²) >= 11 is 11.9. The van der Waals surface area contributed by atoms with Gasteiger partial charge < -0.3 is 9.73 Å². The minimum absolute atomic E-state index is 0.0143. The van der Waals surface area contributed by atoms with E-state index in [1.54, 1.807) is 6.92 Å². The van der Waals surface area contributed by atoms with Crippen LogP contribution in [0.1, 0.15) is 56.2 Å². The van der Waals surface area contributed by atoms with Gasteiger partial charge in [0.2, 0.25) is 0 Å². The number of nitrogens with zero attached hydrogens (tertiary/aromatic N) is 1. The molecule has 0 atom stereocenters. The van der Waals surface area contributed by atoms with Crippen molar-refractivity contribution in [3.05, 3.63) is 86.3 Å². The number of hydrogen-bond acceptors (Lipinski definition) is 4. The third-order valence-electron chi connectivity index (χ3n) is 5.45. The highest BCUT2D eigenvalue weighted by molar-refractivity contribution is 6.36. The molecule has 4 rings (SSSR count). The van der Waals surface area contributed by atoms with Crippen LogP contribution in [0.4, 0.5) is 18.9 Å². The first-order valence-electron chi connectivity index (χ1n) is 10.5. The van der Waals surface area contributed by atoms with Gasteiger partial charge in [-0.25, -0.2) is 5.43 Å². The minimum Gasteiger partial charge on any atom is -0.455 e. The number of halogens is 5. The zero-order chi connectivity index (χ0) is 25.3. The van der Waals surface area contributed by atoms with Crippen LogP contribution >= 0.6 is 23.2 Å². The molecule has 0 radical (unpaired) electrons. The Bertz CT molecular complexity index is 1350. The molecule has 1 aliphatic carbocycles. The molecule has 0 bridgehead atoms. The Morgan fingerprint density at radius 3 is 2.54 bits per heavy atom. The topological polar surface area (TPSA) is 83.7 Å². The molecular formula is C24H18Cl2F3N3O3. The average molecular weight is 524 g/mol. The van der Waals surface area contributed by atoms with Gasteiger partial charge in [0, 0.05) is 28.3 Å². The maximum Gasteiger partial charge on any atom is 0.416 e. The summed E-state index contributed by atoms with van der Waals surface area (Å²) in [5.41, 5.74) is 3.35. The number of amides is 2. The van der Waals surface area contributed by atoms with Crippen molar-refractivity contribution in [1.82, 2.24) is 5.43 Å². The van der Waals surface area contributed by atoms with Gasteiger partial charge in [-0.1, -0.05) is 29.3 Å². The summed E-state index contributed by atoms with van der Waals surface area (Å²) in [6.07, 6.45) is -2.79. The number of anilines is 1. The number of alkyl halides is 3. The molecule has 6 nitrogen and oxygen atoms in total. The molecule has 0 unspecified atom stereocenters. The van der Waals surface area contributed by atoms with Crippen molar-refractivity contribution in [2.24, 2.45) is 5.10 Å². The van der Waals surface area contributed by atoms with E-state index in [9.17, 15) is 22.8 Å². The van der Waals surface area contributed by atoms with Gasteiger partial charge in [0.05, 0.1) is 21.9 Å². The molecule has 0 aliphatic heterocycles. The highest BCUT2D eigenvalue weighted by Gasteiger charge is 2.31. The molecule has 2 N–H and O–H groups in total. The fourth-order valence-corrected chi connectivity index (χ4v) is 4.30. The van der Waals surface area contributed by atoms with Gasteiger partial charge in [-0.15, -0.1) is 0 Å². The van der Waals surface area contributed by atoms with Crippen LogP contribution < -0.4 is 10.7 Å². The first-order valence-corrected chi connectivity index (χ1v) is 11.2. The lowest BCUT2D eigenvalue weighted by Crippen LogP contribution is -2.22. The van der Waals surface area contributed by atoms with Gasteiger partial charge in [-0.2, -0.15) is 18.3 Å². The molecule has 11 heteroatoms. The standard InChI is InChI=1S/C24H18Cl2F3N3O3/c1-12-20-18(31-32-22(33)16-9-8-14(25)11-17(16)26)6-3-7-19(20)35-21(12)23(34)30-15-5-2-4-13(10-15)24(27,28)29/h2,4-5,8-11H,3,6-7H2,1H3,(H,30,34)(H,32,33)/b31-18+. The van der Waals surface area contributed by atoms with Crippen molar-refractivity contribution in [1.29, 1.82) is 0 Å². The Kier molecular flexibility index (Phi) is 6.91. The highest BCUT2D eigenvalue weighted by atomic mass is 35.5. The van der Waals surface area contributed by atoms with E-state index in [0.29, 0.717) is 46.9 Å². The molecule has 35 heavy (non-hydrogen) atoms. The van der Waals surface area contributed by atoms with Crippen molar-refractivity contribution in [2.45, 2.75) is 32.4 Å². The average Bonchev–Trinajstić information content (AvgIpc) is 3.14. The predicted molar refractivity (Wildman–Crippen MR) is 126 cm³/mol. The molecule has 0 saturated heterocycles. The first-order chi connectivity index (χ1) is 16.5. The summed E-state index contributed by atoms with van der Waals surface area (Å²) in [4.78, 5) is 25.3. The number of aryl methyl sites for hydroxylation is 1. The number of hydrogen-bond donors (Lipinski definition) is 2. The van der Waals surface area contributed by atoms with Crippen molar-refractivity contribution in [3.63, 3.8) is 0 Å². The first kappa shape index (κ1) is 24.8. The van der Waals surface area contributed by atoms with E-state index in [2.05, 4.69) is 15.8 Å². The van der Waals surface area contributed by atoms with E-state index in [1.165, 1.54) is 30.3 Å². The molecule has 0 fully saturated rings. The second-order valence-corrected chi connectivity index (χ2v) is 8.71. The monoisotopic (exact) mass is 523 g/mol. The summed E-state index contributed by atoms with van der Waals surface area (Å²) in [6.45, 7) is 1.65. The third-order valence-corrected chi connectivity index (χ3v) is 6.00. The van der Waals surface area contributed by atoms with Crippen LogP contribution in [-0.4, -0.2) is 17.5 Å². The van der Waals surface area contributed by atoms with Crippen molar-refractivity contribution >= 4 is 46.4 Å². The number of fused-ring (bicyclic) bond motifs is 1. The fraction of sp³-hybridized carbons (Fsp3) is 0.208. The molecular weight excluding hydrogens is 506 g/mol. The second-order valence-electron chi connectivity index (χ2n) is 7.86. The molecule has 1 heterocycles. The molecule has 0 saturated carbocycles. The van der Waals surface area contributed by atoms with E-state index in [0.717, 1.165) is 12.1 Å². The Hall–Kier alpha value is -3.30. The maximum absolute atomic E-state index is 13.0. The van der Waals surface area contributed by atoms with E-state index in [4.69, 9.17) is 27.6 Å². The summed E-state index contributed by atoms with van der Waals surface area (Å²) in [6, 6.07) is 8.78. The molecule has 0 spiro atoms. The van der Waals surface area contributed by atoms with Crippen LogP contribution in [0, 0.1) is 6.92 Å². The van der Waals surface area contributed by atoms with Gasteiger partial charge in [-0.05, 0) is 56.2 Å². The number of nitrogens with one attached hydrogen (secondary N) is 2. The lowest BCUT2D eigenvalue weighted by molar-refractivity contribution is -0.137. The summed E-state index contributed by atoms with van der Waals surface area (Å²) in [7, 11) is 0. The van der Waals surface area contributed by atoms with Crippen molar-refractivity contribution in [3.8, 4) is 0 Å². The molecule has 1 aromatic heterocycles. The molecule has 3 aromatic rings. The Balaban J connectivity index is 1.56.